The topological polar surface area (TPSA) is 160 Å². The summed E-state index contributed by atoms with van der Waals surface area (Å²) in [6.45, 7) is 0.639. The van der Waals surface area contributed by atoms with Gasteiger partial charge in [0.25, 0.3) is 0 Å². The highest BCUT2D eigenvalue weighted by Gasteiger charge is 2.20. The molecule has 2 atom stereocenters. The molecule has 0 saturated heterocycles. The van der Waals surface area contributed by atoms with Gasteiger partial charge in [0.15, 0.2) is 0 Å². The predicted octanol–water partition coefficient (Wildman–Crippen LogP) is 1.30. The molecular formula is C28H34N8O4. The van der Waals surface area contributed by atoms with Crippen LogP contribution in [0.25, 0.3) is 0 Å². The van der Waals surface area contributed by atoms with Crippen LogP contribution < -0.4 is 10.6 Å². The van der Waals surface area contributed by atoms with Gasteiger partial charge in [0.2, 0.25) is 0 Å². The molecule has 0 unspecified atom stereocenters. The van der Waals surface area contributed by atoms with Gasteiger partial charge in [0, 0.05) is 63.8 Å². The molecule has 4 rings (SSSR count). The van der Waals surface area contributed by atoms with Crippen molar-refractivity contribution in [2.45, 2.75) is 50.9 Å². The van der Waals surface area contributed by atoms with E-state index in [9.17, 15) is 19.8 Å². The van der Waals surface area contributed by atoms with Gasteiger partial charge in [0.1, 0.15) is 12.1 Å². The minimum absolute atomic E-state index is 0.281. The van der Waals surface area contributed by atoms with Crippen LogP contribution in [-0.4, -0.2) is 63.3 Å². The van der Waals surface area contributed by atoms with Crippen molar-refractivity contribution in [3.05, 3.63) is 95.6 Å². The van der Waals surface area contributed by atoms with Crippen molar-refractivity contribution in [2.75, 3.05) is 0 Å². The third-order valence-corrected chi connectivity index (χ3v) is 6.36. The third kappa shape index (κ3) is 8.55. The molecular weight excluding hydrogens is 512 g/mol. The fraction of sp³-hybridized carbons (Fsp3) is 0.357. The number of nitrogens with one attached hydrogen (secondary N) is 2. The standard InChI is InChI=1S/C28H34N8O4/c1-35-15-23(31-17-35)11-25(27(37)38)29-13-21-7-3-5-19(33-21)9-10-20-6-4-8-22(34-20)14-30-26(28(39)40)12-24-16-36(2)18-32-24/h3-8,15-18,25-26,29-30H,9-14H2,1-2H3,(H,37,38)(H,39,40)/t25-,26-/m0/s1. The van der Waals surface area contributed by atoms with Crippen molar-refractivity contribution in [2.24, 2.45) is 14.1 Å². The molecule has 0 aliphatic carbocycles. The number of hydrogen-bond donors (Lipinski definition) is 4. The molecule has 0 fully saturated rings. The van der Waals surface area contributed by atoms with Gasteiger partial charge < -0.3 is 19.3 Å². The largest absolute Gasteiger partial charge is 0.480 e. The minimum Gasteiger partial charge on any atom is -0.480 e. The number of carbonyl (C=O) groups is 2. The average Bonchev–Trinajstić information content (AvgIpc) is 3.54. The molecule has 4 N–H and O–H groups in total. The number of imidazole rings is 2. The first-order valence-electron chi connectivity index (χ1n) is 13.0. The summed E-state index contributed by atoms with van der Waals surface area (Å²) in [6.07, 6.45) is 8.79. The van der Waals surface area contributed by atoms with Crippen LogP contribution in [0.2, 0.25) is 0 Å². The van der Waals surface area contributed by atoms with Crippen LogP contribution in [0, 0.1) is 0 Å². The van der Waals surface area contributed by atoms with Gasteiger partial charge >= 0.3 is 11.9 Å². The fourth-order valence-electron chi connectivity index (χ4n) is 4.30. The van der Waals surface area contributed by atoms with Crippen LogP contribution in [0.15, 0.2) is 61.4 Å². The Labute approximate surface area is 232 Å². The summed E-state index contributed by atoms with van der Waals surface area (Å²) in [5.41, 5.74) is 4.68. The van der Waals surface area contributed by atoms with Gasteiger partial charge in [-0.05, 0) is 37.1 Å². The molecule has 0 spiro atoms. The molecule has 0 aliphatic heterocycles. The van der Waals surface area contributed by atoms with Crippen LogP contribution in [-0.2, 0) is 62.5 Å². The molecule has 4 aromatic heterocycles. The fourth-order valence-corrected chi connectivity index (χ4v) is 4.30. The van der Waals surface area contributed by atoms with E-state index < -0.39 is 24.0 Å². The smallest absolute Gasteiger partial charge is 0.321 e. The molecule has 12 heteroatoms. The molecule has 210 valence electrons. The van der Waals surface area contributed by atoms with Crippen molar-refractivity contribution in [1.82, 2.24) is 39.7 Å². The molecule has 12 nitrogen and oxygen atoms in total. The van der Waals surface area contributed by atoms with Crippen LogP contribution in [0.4, 0.5) is 0 Å². The van der Waals surface area contributed by atoms with E-state index in [0.29, 0.717) is 37.3 Å². The molecule has 40 heavy (non-hydrogen) atoms. The van der Waals surface area contributed by atoms with E-state index in [-0.39, 0.29) is 12.8 Å². The molecule has 0 saturated carbocycles. The molecule has 0 aromatic carbocycles. The SMILES string of the molecule is Cn1cnc(C[C@H](NCc2cccc(CCc3cccc(CN[C@@H](Cc4cn(C)cn4)C(=O)O)n3)n2)C(=O)O)c1. The van der Waals surface area contributed by atoms with Crippen molar-refractivity contribution < 1.29 is 19.8 Å². The Hall–Kier alpha value is -4.42. The lowest BCUT2D eigenvalue weighted by molar-refractivity contribution is -0.140. The second-order valence-electron chi connectivity index (χ2n) is 9.75. The Morgan fingerprint density at radius 1 is 0.700 bits per heavy atom. The first kappa shape index (κ1) is 28.6. The monoisotopic (exact) mass is 546 g/mol. The highest BCUT2D eigenvalue weighted by molar-refractivity contribution is 5.74. The maximum atomic E-state index is 11.7. The van der Waals surface area contributed by atoms with Crippen LogP contribution in [0.3, 0.4) is 0 Å². The zero-order valence-corrected chi connectivity index (χ0v) is 22.6. The number of carboxylic acid groups (broad SMARTS) is 2. The van der Waals surface area contributed by atoms with Crippen molar-refractivity contribution >= 4 is 11.9 Å². The summed E-state index contributed by atoms with van der Waals surface area (Å²) in [6, 6.07) is 9.88. The van der Waals surface area contributed by atoms with Crippen LogP contribution in [0.1, 0.15) is 34.2 Å². The maximum Gasteiger partial charge on any atom is 0.321 e. The number of hydrogen-bond acceptors (Lipinski definition) is 8. The van der Waals surface area contributed by atoms with Gasteiger partial charge in [-0.15, -0.1) is 0 Å². The second kappa shape index (κ2) is 13.6. The number of rotatable bonds is 15. The van der Waals surface area contributed by atoms with Gasteiger partial charge in [-0.25, -0.2) is 9.97 Å². The molecule has 4 heterocycles. The van der Waals surface area contributed by atoms with E-state index in [1.807, 2.05) is 62.9 Å². The lowest BCUT2D eigenvalue weighted by Gasteiger charge is -2.14. The zero-order valence-electron chi connectivity index (χ0n) is 22.6. The quantitative estimate of drug-likeness (QED) is 0.171. The average molecular weight is 547 g/mol. The Kier molecular flexibility index (Phi) is 9.71. The summed E-state index contributed by atoms with van der Waals surface area (Å²) < 4.78 is 3.58. The normalized spacial score (nSPS) is 12.8. The summed E-state index contributed by atoms with van der Waals surface area (Å²) in [5.74, 6) is -1.87. The number of pyridine rings is 2. The summed E-state index contributed by atoms with van der Waals surface area (Å²) in [7, 11) is 3.69. The first-order chi connectivity index (χ1) is 19.2. The minimum atomic E-state index is -0.936. The number of carboxylic acids is 2. The van der Waals surface area contributed by atoms with Gasteiger partial charge in [-0.2, -0.15) is 0 Å². The number of aryl methyl sites for hydroxylation is 4. The van der Waals surface area contributed by atoms with E-state index in [0.717, 1.165) is 22.8 Å². The van der Waals surface area contributed by atoms with Gasteiger partial charge in [-0.3, -0.25) is 30.2 Å². The Balaban J connectivity index is 1.29. The first-order valence-corrected chi connectivity index (χ1v) is 13.0. The summed E-state index contributed by atoms with van der Waals surface area (Å²) in [5, 5.41) is 25.4. The van der Waals surface area contributed by atoms with E-state index >= 15 is 0 Å². The van der Waals surface area contributed by atoms with Crippen LogP contribution in [0.5, 0.6) is 0 Å². The third-order valence-electron chi connectivity index (χ3n) is 6.36. The lowest BCUT2D eigenvalue weighted by atomic mass is 10.1. The molecule has 0 amide bonds. The Morgan fingerprint density at radius 2 is 1.10 bits per heavy atom. The lowest BCUT2D eigenvalue weighted by Crippen LogP contribution is -2.38. The van der Waals surface area contributed by atoms with Crippen molar-refractivity contribution in [3.63, 3.8) is 0 Å². The highest BCUT2D eigenvalue weighted by Crippen LogP contribution is 2.09. The number of nitrogens with zero attached hydrogens (tertiary/aromatic N) is 6. The molecule has 4 aromatic rings. The van der Waals surface area contributed by atoms with Crippen LogP contribution >= 0.6 is 0 Å². The van der Waals surface area contributed by atoms with E-state index in [1.165, 1.54) is 0 Å². The maximum absolute atomic E-state index is 11.7. The number of aromatic nitrogens is 6. The van der Waals surface area contributed by atoms with Gasteiger partial charge in [-0.1, -0.05) is 12.1 Å². The molecule has 0 aliphatic rings. The Bertz CT molecular complexity index is 1330. The molecule has 0 bridgehead atoms. The second-order valence-corrected chi connectivity index (χ2v) is 9.75. The Morgan fingerprint density at radius 3 is 1.45 bits per heavy atom. The predicted molar refractivity (Wildman–Crippen MR) is 146 cm³/mol. The van der Waals surface area contributed by atoms with E-state index in [1.54, 1.807) is 21.8 Å². The highest BCUT2D eigenvalue weighted by atomic mass is 16.4. The number of aliphatic carboxylic acids is 2. The van der Waals surface area contributed by atoms with Crippen molar-refractivity contribution in [3.8, 4) is 0 Å². The summed E-state index contributed by atoms with van der Waals surface area (Å²) in [4.78, 5) is 41.3. The van der Waals surface area contributed by atoms with E-state index in [2.05, 4.69) is 30.6 Å². The molecule has 0 radical (unpaired) electrons. The van der Waals surface area contributed by atoms with Crippen molar-refractivity contribution in [1.29, 1.82) is 0 Å². The zero-order chi connectivity index (χ0) is 28.5. The van der Waals surface area contributed by atoms with E-state index in [4.69, 9.17) is 0 Å². The van der Waals surface area contributed by atoms with Gasteiger partial charge in [0.05, 0.1) is 35.4 Å². The summed E-state index contributed by atoms with van der Waals surface area (Å²) >= 11 is 0.